The lowest BCUT2D eigenvalue weighted by molar-refractivity contribution is 0.776. The molecule has 0 spiro atoms. The highest BCUT2D eigenvalue weighted by molar-refractivity contribution is 8.00. The monoisotopic (exact) mass is 256 g/mol. The van der Waals surface area contributed by atoms with Crippen LogP contribution in [0.25, 0.3) is 0 Å². The molecule has 1 fully saturated rings. The standard InChI is InChI=1S/C12H17ClN2S/c1-9-8-15(5-6-16-9)12-4-2-3-11(13)10(12)7-14/h2-4,9H,5-8,14H2,1H3. The lowest BCUT2D eigenvalue weighted by Gasteiger charge is -2.34. The lowest BCUT2D eigenvalue weighted by atomic mass is 10.1. The Kier molecular flexibility index (Phi) is 4.00. The Morgan fingerprint density at radius 2 is 2.38 bits per heavy atom. The van der Waals surface area contributed by atoms with E-state index in [1.54, 1.807) is 0 Å². The van der Waals surface area contributed by atoms with Gasteiger partial charge in [-0.2, -0.15) is 11.8 Å². The minimum atomic E-state index is 0.507. The van der Waals surface area contributed by atoms with Crippen LogP contribution >= 0.6 is 23.4 Å². The van der Waals surface area contributed by atoms with Gasteiger partial charge in [0.15, 0.2) is 0 Å². The summed E-state index contributed by atoms with van der Waals surface area (Å²) in [5.41, 5.74) is 8.06. The number of benzene rings is 1. The lowest BCUT2D eigenvalue weighted by Crippen LogP contribution is -2.37. The van der Waals surface area contributed by atoms with Gasteiger partial charge in [0.25, 0.3) is 0 Å². The minimum absolute atomic E-state index is 0.507. The summed E-state index contributed by atoms with van der Waals surface area (Å²) >= 11 is 8.20. The van der Waals surface area contributed by atoms with Crippen LogP contribution in [0.1, 0.15) is 12.5 Å². The molecule has 1 aromatic rings. The quantitative estimate of drug-likeness (QED) is 0.882. The van der Waals surface area contributed by atoms with E-state index in [0.717, 1.165) is 23.7 Å². The number of hydrogen-bond donors (Lipinski definition) is 1. The van der Waals surface area contributed by atoms with Gasteiger partial charge in [-0.3, -0.25) is 0 Å². The van der Waals surface area contributed by atoms with Crippen LogP contribution in [-0.2, 0) is 6.54 Å². The predicted octanol–water partition coefficient (Wildman–Crippen LogP) is 2.74. The Bertz CT molecular complexity index is 370. The molecule has 88 valence electrons. The maximum absolute atomic E-state index is 6.17. The number of nitrogens with zero attached hydrogens (tertiary/aromatic N) is 1. The van der Waals surface area contributed by atoms with Crippen molar-refractivity contribution in [2.75, 3.05) is 23.7 Å². The van der Waals surface area contributed by atoms with E-state index in [4.69, 9.17) is 17.3 Å². The van der Waals surface area contributed by atoms with E-state index >= 15 is 0 Å². The van der Waals surface area contributed by atoms with E-state index in [9.17, 15) is 0 Å². The fraction of sp³-hybridized carbons (Fsp3) is 0.500. The molecular weight excluding hydrogens is 240 g/mol. The summed E-state index contributed by atoms with van der Waals surface area (Å²) in [6, 6.07) is 6.04. The molecule has 0 radical (unpaired) electrons. The summed E-state index contributed by atoms with van der Waals surface area (Å²) in [5, 5.41) is 1.46. The van der Waals surface area contributed by atoms with E-state index in [-0.39, 0.29) is 0 Å². The summed E-state index contributed by atoms with van der Waals surface area (Å²) in [5.74, 6) is 1.18. The Morgan fingerprint density at radius 3 is 3.06 bits per heavy atom. The molecule has 1 saturated heterocycles. The first kappa shape index (κ1) is 12.1. The number of anilines is 1. The smallest absolute Gasteiger partial charge is 0.0471 e. The molecule has 0 aromatic heterocycles. The van der Waals surface area contributed by atoms with Gasteiger partial charge < -0.3 is 10.6 Å². The van der Waals surface area contributed by atoms with Gasteiger partial charge in [0.2, 0.25) is 0 Å². The molecular formula is C12H17ClN2S. The molecule has 2 nitrogen and oxygen atoms in total. The maximum Gasteiger partial charge on any atom is 0.0471 e. The first-order valence-electron chi connectivity index (χ1n) is 5.56. The fourth-order valence-corrected chi connectivity index (χ4v) is 3.34. The zero-order valence-corrected chi connectivity index (χ0v) is 11.0. The van der Waals surface area contributed by atoms with Crippen molar-refractivity contribution in [2.45, 2.75) is 18.7 Å². The zero-order valence-electron chi connectivity index (χ0n) is 9.45. The van der Waals surface area contributed by atoms with E-state index in [1.165, 1.54) is 11.4 Å². The summed E-state index contributed by atoms with van der Waals surface area (Å²) in [4.78, 5) is 2.40. The highest BCUT2D eigenvalue weighted by atomic mass is 35.5. The molecule has 1 heterocycles. The van der Waals surface area contributed by atoms with Crippen LogP contribution in [0.5, 0.6) is 0 Å². The number of hydrogen-bond acceptors (Lipinski definition) is 3. The third-order valence-corrected chi connectivity index (χ3v) is 4.37. The SMILES string of the molecule is CC1CN(c2cccc(Cl)c2CN)CCS1. The van der Waals surface area contributed by atoms with Gasteiger partial charge in [-0.25, -0.2) is 0 Å². The maximum atomic E-state index is 6.17. The van der Waals surface area contributed by atoms with E-state index in [2.05, 4.69) is 17.9 Å². The summed E-state index contributed by atoms with van der Waals surface area (Å²) in [6.07, 6.45) is 0. The minimum Gasteiger partial charge on any atom is -0.369 e. The second-order valence-electron chi connectivity index (χ2n) is 4.07. The first-order chi connectivity index (χ1) is 7.72. The molecule has 2 rings (SSSR count). The van der Waals surface area contributed by atoms with Gasteiger partial charge in [0, 0.05) is 46.9 Å². The molecule has 0 aliphatic carbocycles. The zero-order chi connectivity index (χ0) is 11.5. The summed E-state index contributed by atoms with van der Waals surface area (Å²) in [6.45, 7) is 4.94. The van der Waals surface area contributed by atoms with Crippen molar-refractivity contribution in [2.24, 2.45) is 5.73 Å². The van der Waals surface area contributed by atoms with Crippen molar-refractivity contribution in [3.05, 3.63) is 28.8 Å². The van der Waals surface area contributed by atoms with Gasteiger partial charge in [-0.05, 0) is 12.1 Å². The van der Waals surface area contributed by atoms with Crippen molar-refractivity contribution in [3.8, 4) is 0 Å². The van der Waals surface area contributed by atoms with Gasteiger partial charge in [0.05, 0.1) is 0 Å². The van der Waals surface area contributed by atoms with Gasteiger partial charge in [-0.1, -0.05) is 24.6 Å². The van der Waals surface area contributed by atoms with Crippen LogP contribution in [0.2, 0.25) is 5.02 Å². The molecule has 4 heteroatoms. The van der Waals surface area contributed by atoms with Crippen LogP contribution in [0, 0.1) is 0 Å². The van der Waals surface area contributed by atoms with Crippen molar-refractivity contribution >= 4 is 29.1 Å². The van der Waals surface area contributed by atoms with E-state index in [1.807, 2.05) is 23.9 Å². The Morgan fingerprint density at radius 1 is 1.56 bits per heavy atom. The van der Waals surface area contributed by atoms with Crippen molar-refractivity contribution < 1.29 is 0 Å². The molecule has 0 bridgehead atoms. The highest BCUT2D eigenvalue weighted by Gasteiger charge is 2.19. The van der Waals surface area contributed by atoms with Crippen molar-refractivity contribution in [1.82, 2.24) is 0 Å². The average Bonchev–Trinajstić information content (AvgIpc) is 2.28. The highest BCUT2D eigenvalue weighted by Crippen LogP contribution is 2.30. The number of nitrogens with two attached hydrogens (primary N) is 1. The van der Waals surface area contributed by atoms with Gasteiger partial charge in [-0.15, -0.1) is 0 Å². The summed E-state index contributed by atoms with van der Waals surface area (Å²) < 4.78 is 0. The van der Waals surface area contributed by atoms with Crippen LogP contribution in [0.3, 0.4) is 0 Å². The predicted molar refractivity (Wildman–Crippen MR) is 73.5 cm³/mol. The number of rotatable bonds is 2. The van der Waals surface area contributed by atoms with Gasteiger partial charge in [0.1, 0.15) is 0 Å². The Labute approximate surface area is 106 Å². The van der Waals surface area contributed by atoms with Crippen LogP contribution in [-0.4, -0.2) is 24.1 Å². The normalized spacial score (nSPS) is 21.2. The first-order valence-corrected chi connectivity index (χ1v) is 6.99. The molecule has 0 saturated carbocycles. The van der Waals surface area contributed by atoms with Crippen molar-refractivity contribution in [3.63, 3.8) is 0 Å². The van der Waals surface area contributed by atoms with Crippen LogP contribution < -0.4 is 10.6 Å². The second-order valence-corrected chi connectivity index (χ2v) is 6.02. The van der Waals surface area contributed by atoms with E-state index in [0.29, 0.717) is 11.8 Å². The molecule has 1 aliphatic rings. The van der Waals surface area contributed by atoms with Crippen molar-refractivity contribution in [1.29, 1.82) is 0 Å². The average molecular weight is 257 g/mol. The molecule has 2 N–H and O–H groups in total. The second kappa shape index (κ2) is 5.30. The number of halogens is 1. The third kappa shape index (κ3) is 2.47. The molecule has 1 aliphatic heterocycles. The molecule has 0 amide bonds. The number of thioether (sulfide) groups is 1. The van der Waals surface area contributed by atoms with Crippen LogP contribution in [0.15, 0.2) is 18.2 Å². The van der Waals surface area contributed by atoms with E-state index < -0.39 is 0 Å². The topological polar surface area (TPSA) is 29.3 Å². The van der Waals surface area contributed by atoms with Gasteiger partial charge >= 0.3 is 0 Å². The molecule has 1 aromatic carbocycles. The largest absolute Gasteiger partial charge is 0.369 e. The Balaban J connectivity index is 2.28. The molecule has 1 unspecified atom stereocenters. The summed E-state index contributed by atoms with van der Waals surface area (Å²) in [7, 11) is 0. The Hall–Kier alpha value is -0.380. The molecule has 16 heavy (non-hydrogen) atoms. The third-order valence-electron chi connectivity index (χ3n) is 2.88. The molecule has 1 atom stereocenters. The van der Waals surface area contributed by atoms with Crippen LogP contribution in [0.4, 0.5) is 5.69 Å². The fourth-order valence-electron chi connectivity index (χ4n) is 2.08.